The monoisotopic (exact) mass is 254 g/mol. The second-order valence-electron chi connectivity index (χ2n) is 3.42. The number of primary amides is 1. The number of nitrogens with two attached hydrogens (primary N) is 1. The minimum Gasteiger partial charge on any atom is -0.478 e. The van der Waals surface area contributed by atoms with Gasteiger partial charge in [-0.05, 0) is 25.1 Å². The highest BCUT2D eigenvalue weighted by Gasteiger charge is 2.17. The van der Waals surface area contributed by atoms with Crippen LogP contribution in [0.4, 0.5) is 9.18 Å². The molecule has 18 heavy (non-hydrogen) atoms. The van der Waals surface area contributed by atoms with E-state index in [4.69, 9.17) is 10.5 Å². The number of hydrogen-bond acceptors (Lipinski definition) is 4. The lowest BCUT2D eigenvalue weighted by Gasteiger charge is -2.13. The zero-order valence-corrected chi connectivity index (χ0v) is 9.48. The van der Waals surface area contributed by atoms with Gasteiger partial charge in [0.25, 0.3) is 5.91 Å². The van der Waals surface area contributed by atoms with E-state index >= 15 is 0 Å². The van der Waals surface area contributed by atoms with Crippen LogP contribution >= 0.6 is 0 Å². The van der Waals surface area contributed by atoms with Crippen molar-refractivity contribution in [3.05, 3.63) is 29.6 Å². The second-order valence-corrected chi connectivity index (χ2v) is 3.42. The SMILES string of the molecule is CC(Oc1ccc(C=O)cc1F)C(=O)NC(N)=O. The lowest BCUT2D eigenvalue weighted by Crippen LogP contribution is -2.42. The van der Waals surface area contributed by atoms with Gasteiger partial charge in [0.1, 0.15) is 6.29 Å². The fourth-order valence-corrected chi connectivity index (χ4v) is 1.15. The van der Waals surface area contributed by atoms with Gasteiger partial charge in [-0.15, -0.1) is 0 Å². The number of amides is 3. The van der Waals surface area contributed by atoms with E-state index in [2.05, 4.69) is 0 Å². The summed E-state index contributed by atoms with van der Waals surface area (Å²) < 4.78 is 18.4. The lowest BCUT2D eigenvalue weighted by atomic mass is 10.2. The predicted octanol–water partition coefficient (Wildman–Crippen LogP) is 0.600. The maximum atomic E-state index is 13.4. The van der Waals surface area contributed by atoms with Crippen molar-refractivity contribution in [2.45, 2.75) is 13.0 Å². The number of aldehydes is 1. The molecule has 3 N–H and O–H groups in total. The maximum Gasteiger partial charge on any atom is 0.318 e. The van der Waals surface area contributed by atoms with E-state index in [-0.39, 0.29) is 11.3 Å². The third-order valence-corrected chi connectivity index (χ3v) is 2.01. The minimum absolute atomic E-state index is 0.147. The molecule has 0 saturated carbocycles. The third kappa shape index (κ3) is 3.55. The quantitative estimate of drug-likeness (QED) is 0.768. The molecule has 1 unspecified atom stereocenters. The number of imide groups is 1. The summed E-state index contributed by atoms with van der Waals surface area (Å²) >= 11 is 0. The Balaban J connectivity index is 2.75. The summed E-state index contributed by atoms with van der Waals surface area (Å²) in [6, 6.07) is 2.50. The summed E-state index contributed by atoms with van der Waals surface area (Å²) in [5, 5.41) is 1.80. The first kappa shape index (κ1) is 13.6. The first-order valence-electron chi connectivity index (χ1n) is 4.95. The first-order valence-corrected chi connectivity index (χ1v) is 4.95. The van der Waals surface area contributed by atoms with Crippen molar-refractivity contribution in [2.75, 3.05) is 0 Å². The van der Waals surface area contributed by atoms with Crippen LogP contribution in [0.1, 0.15) is 17.3 Å². The molecule has 1 rings (SSSR count). The van der Waals surface area contributed by atoms with Gasteiger partial charge in [-0.25, -0.2) is 9.18 Å². The summed E-state index contributed by atoms with van der Waals surface area (Å²) in [4.78, 5) is 32.1. The molecule has 0 fully saturated rings. The van der Waals surface area contributed by atoms with Crippen LogP contribution in [0.2, 0.25) is 0 Å². The summed E-state index contributed by atoms with van der Waals surface area (Å²) in [7, 11) is 0. The van der Waals surface area contributed by atoms with Crippen molar-refractivity contribution in [3.8, 4) is 5.75 Å². The van der Waals surface area contributed by atoms with Gasteiger partial charge in [-0.3, -0.25) is 14.9 Å². The van der Waals surface area contributed by atoms with Crippen molar-refractivity contribution in [1.29, 1.82) is 0 Å². The molecule has 0 aromatic heterocycles. The van der Waals surface area contributed by atoms with Crippen LogP contribution in [0, 0.1) is 5.82 Å². The number of hydrogen-bond donors (Lipinski definition) is 2. The van der Waals surface area contributed by atoms with Gasteiger partial charge >= 0.3 is 6.03 Å². The van der Waals surface area contributed by atoms with Crippen molar-refractivity contribution in [3.63, 3.8) is 0 Å². The van der Waals surface area contributed by atoms with Gasteiger partial charge in [0, 0.05) is 5.56 Å². The van der Waals surface area contributed by atoms with Gasteiger partial charge in [0.2, 0.25) is 0 Å². The van der Waals surface area contributed by atoms with E-state index in [1.165, 1.54) is 19.1 Å². The molecule has 0 heterocycles. The number of halogens is 1. The maximum absolute atomic E-state index is 13.4. The molecule has 0 bridgehead atoms. The molecule has 7 heteroatoms. The van der Waals surface area contributed by atoms with Crippen molar-refractivity contribution >= 4 is 18.2 Å². The molecule has 96 valence electrons. The second kappa shape index (κ2) is 5.76. The zero-order chi connectivity index (χ0) is 13.7. The summed E-state index contributed by atoms with van der Waals surface area (Å²) in [6.45, 7) is 1.32. The molecule has 0 saturated heterocycles. The number of ether oxygens (including phenoxy) is 1. The Labute approximate surface area is 102 Å². The Morgan fingerprint density at radius 3 is 2.67 bits per heavy atom. The van der Waals surface area contributed by atoms with Gasteiger partial charge in [0.05, 0.1) is 0 Å². The highest BCUT2D eigenvalue weighted by molar-refractivity contribution is 5.95. The van der Waals surface area contributed by atoms with Gasteiger partial charge in [-0.1, -0.05) is 0 Å². The van der Waals surface area contributed by atoms with Gasteiger partial charge in [-0.2, -0.15) is 0 Å². The summed E-state index contributed by atoms with van der Waals surface area (Å²) in [5.74, 6) is -1.77. The normalized spacial score (nSPS) is 11.4. The van der Waals surface area contributed by atoms with E-state index in [1.54, 1.807) is 5.32 Å². The number of rotatable bonds is 4. The molecule has 3 amide bonds. The fourth-order valence-electron chi connectivity index (χ4n) is 1.15. The van der Waals surface area contributed by atoms with Crippen LogP contribution in [0.25, 0.3) is 0 Å². The molecule has 0 spiro atoms. The van der Waals surface area contributed by atoms with Crippen LogP contribution in [0.15, 0.2) is 18.2 Å². The van der Waals surface area contributed by atoms with E-state index < -0.39 is 23.9 Å². The molecular weight excluding hydrogens is 243 g/mol. The van der Waals surface area contributed by atoms with Crippen LogP contribution in [-0.4, -0.2) is 24.3 Å². The molecule has 1 aromatic carbocycles. The largest absolute Gasteiger partial charge is 0.478 e. The molecule has 6 nitrogen and oxygen atoms in total. The standard InChI is InChI=1S/C11H11FN2O4/c1-6(10(16)14-11(13)17)18-9-3-2-7(5-15)4-8(9)12/h2-6H,1H3,(H3,13,14,16,17). The first-order chi connectivity index (χ1) is 8.43. The zero-order valence-electron chi connectivity index (χ0n) is 9.48. The van der Waals surface area contributed by atoms with Crippen LogP contribution in [0.3, 0.4) is 0 Å². The highest BCUT2D eigenvalue weighted by atomic mass is 19.1. The topological polar surface area (TPSA) is 98.5 Å². The van der Waals surface area contributed by atoms with E-state index in [1.807, 2.05) is 0 Å². The fraction of sp³-hybridized carbons (Fsp3) is 0.182. The van der Waals surface area contributed by atoms with Gasteiger partial charge < -0.3 is 10.5 Å². The summed E-state index contributed by atoms with van der Waals surface area (Å²) in [5.41, 5.74) is 4.90. The Morgan fingerprint density at radius 1 is 1.50 bits per heavy atom. The molecule has 0 radical (unpaired) electrons. The van der Waals surface area contributed by atoms with Crippen LogP contribution in [-0.2, 0) is 4.79 Å². The molecule has 1 aromatic rings. The molecule has 0 aliphatic carbocycles. The average molecular weight is 254 g/mol. The van der Waals surface area contributed by atoms with Gasteiger partial charge in [0.15, 0.2) is 17.7 Å². The number of carbonyl (C=O) groups is 3. The number of benzene rings is 1. The number of nitrogens with one attached hydrogen (secondary N) is 1. The van der Waals surface area contributed by atoms with Crippen LogP contribution in [0.5, 0.6) is 5.75 Å². The molecule has 0 aliphatic heterocycles. The van der Waals surface area contributed by atoms with E-state index in [0.29, 0.717) is 6.29 Å². The lowest BCUT2D eigenvalue weighted by molar-refractivity contribution is -0.126. The van der Waals surface area contributed by atoms with Crippen molar-refractivity contribution in [1.82, 2.24) is 5.32 Å². The van der Waals surface area contributed by atoms with Crippen molar-refractivity contribution in [2.24, 2.45) is 5.73 Å². The Kier molecular flexibility index (Phi) is 4.36. The number of carbonyl (C=O) groups excluding carboxylic acids is 3. The third-order valence-electron chi connectivity index (χ3n) is 2.01. The predicted molar refractivity (Wildman–Crippen MR) is 59.6 cm³/mol. The molecular formula is C11H11FN2O4. The Morgan fingerprint density at radius 2 is 2.17 bits per heavy atom. The minimum atomic E-state index is -1.10. The smallest absolute Gasteiger partial charge is 0.318 e. The highest BCUT2D eigenvalue weighted by Crippen LogP contribution is 2.18. The average Bonchev–Trinajstić information content (AvgIpc) is 2.30. The molecule has 0 aliphatic rings. The Hall–Kier alpha value is -2.44. The summed E-state index contributed by atoms with van der Waals surface area (Å²) in [6.07, 6.45) is -0.620. The molecule has 1 atom stereocenters. The van der Waals surface area contributed by atoms with Crippen LogP contribution < -0.4 is 15.8 Å². The van der Waals surface area contributed by atoms with E-state index in [9.17, 15) is 18.8 Å². The Bertz CT molecular complexity index is 490. The van der Waals surface area contributed by atoms with E-state index in [0.717, 1.165) is 6.07 Å². The number of urea groups is 1. The van der Waals surface area contributed by atoms with Crippen molar-refractivity contribution < 1.29 is 23.5 Å².